The Labute approximate surface area is 97.1 Å². The molecule has 0 amide bonds. The number of carbonyl (C=O) groups excluding carboxylic acids is 1. The van der Waals surface area contributed by atoms with Gasteiger partial charge in [-0.1, -0.05) is 18.2 Å². The molecule has 16 heavy (non-hydrogen) atoms. The number of aryl methyl sites for hydroxylation is 2. The molecule has 1 heterocycles. The van der Waals surface area contributed by atoms with E-state index in [1.165, 1.54) is 16.7 Å². The summed E-state index contributed by atoms with van der Waals surface area (Å²) in [6.45, 7) is 5.15. The Kier molecular flexibility index (Phi) is 3.39. The molecule has 0 saturated carbocycles. The topological polar surface area (TPSA) is 29.1 Å². The average Bonchev–Trinajstić information content (AvgIpc) is 2.76. The second-order valence-corrected chi connectivity index (χ2v) is 4.66. The molecule has 1 fully saturated rings. The molecular formula is C14H19NO. The van der Waals surface area contributed by atoms with Gasteiger partial charge in [-0.15, -0.1) is 0 Å². The van der Waals surface area contributed by atoms with E-state index in [1.54, 1.807) is 0 Å². The Morgan fingerprint density at radius 1 is 1.38 bits per heavy atom. The first-order valence-electron chi connectivity index (χ1n) is 5.99. The van der Waals surface area contributed by atoms with Gasteiger partial charge in [-0.25, -0.2) is 0 Å². The summed E-state index contributed by atoms with van der Waals surface area (Å²) in [4.78, 5) is 12.1. The average molecular weight is 217 g/mol. The maximum Gasteiger partial charge on any atom is 0.154 e. The first-order valence-corrected chi connectivity index (χ1v) is 5.99. The van der Waals surface area contributed by atoms with E-state index < -0.39 is 0 Å². The Bertz CT molecular complexity index is 371. The maximum absolute atomic E-state index is 12.1. The molecule has 0 spiro atoms. The molecule has 0 radical (unpaired) electrons. The van der Waals surface area contributed by atoms with Gasteiger partial charge in [0.25, 0.3) is 0 Å². The van der Waals surface area contributed by atoms with Gasteiger partial charge in [-0.05, 0) is 49.9 Å². The van der Waals surface area contributed by atoms with Crippen molar-refractivity contribution in [2.45, 2.75) is 39.2 Å². The zero-order valence-electron chi connectivity index (χ0n) is 10.0. The van der Waals surface area contributed by atoms with Gasteiger partial charge in [0, 0.05) is 6.42 Å². The van der Waals surface area contributed by atoms with Crippen LogP contribution in [0.4, 0.5) is 0 Å². The highest BCUT2D eigenvalue weighted by Crippen LogP contribution is 2.16. The van der Waals surface area contributed by atoms with Gasteiger partial charge in [0.1, 0.15) is 0 Å². The second-order valence-electron chi connectivity index (χ2n) is 4.66. The highest BCUT2D eigenvalue weighted by Gasteiger charge is 2.22. The van der Waals surface area contributed by atoms with E-state index in [2.05, 4.69) is 31.3 Å². The zero-order chi connectivity index (χ0) is 11.5. The van der Waals surface area contributed by atoms with Crippen molar-refractivity contribution in [3.63, 3.8) is 0 Å². The van der Waals surface area contributed by atoms with Crippen molar-refractivity contribution >= 4 is 5.78 Å². The van der Waals surface area contributed by atoms with Crippen molar-refractivity contribution < 1.29 is 4.79 Å². The molecular weight excluding hydrogens is 198 g/mol. The third-order valence-electron chi connectivity index (χ3n) is 3.44. The lowest BCUT2D eigenvalue weighted by Gasteiger charge is -2.12. The number of benzene rings is 1. The molecule has 86 valence electrons. The fourth-order valence-electron chi connectivity index (χ4n) is 2.38. The number of nitrogens with one attached hydrogen (secondary N) is 1. The van der Waals surface area contributed by atoms with E-state index >= 15 is 0 Å². The molecule has 1 aromatic carbocycles. The summed E-state index contributed by atoms with van der Waals surface area (Å²) in [5, 5.41) is 3.27. The van der Waals surface area contributed by atoms with Crippen LogP contribution in [0.2, 0.25) is 0 Å². The molecule has 1 atom stereocenters. The summed E-state index contributed by atoms with van der Waals surface area (Å²) in [6, 6.07) is 6.31. The summed E-state index contributed by atoms with van der Waals surface area (Å²) in [5.41, 5.74) is 3.67. The van der Waals surface area contributed by atoms with Crippen LogP contribution in [0.3, 0.4) is 0 Å². The summed E-state index contributed by atoms with van der Waals surface area (Å²) in [6.07, 6.45) is 2.71. The molecule has 1 aliphatic heterocycles. The van der Waals surface area contributed by atoms with Crippen LogP contribution in [0.25, 0.3) is 0 Å². The molecule has 1 aromatic rings. The van der Waals surface area contributed by atoms with Gasteiger partial charge in [0.2, 0.25) is 0 Å². The molecule has 0 bridgehead atoms. The first kappa shape index (κ1) is 11.3. The van der Waals surface area contributed by atoms with Crippen LogP contribution in [0.15, 0.2) is 18.2 Å². The van der Waals surface area contributed by atoms with Crippen LogP contribution in [0.5, 0.6) is 0 Å². The Hall–Kier alpha value is -1.15. The summed E-state index contributed by atoms with van der Waals surface area (Å²) in [7, 11) is 0. The van der Waals surface area contributed by atoms with E-state index in [1.807, 2.05) is 6.07 Å². The number of ketones is 1. The van der Waals surface area contributed by atoms with Gasteiger partial charge in [0.05, 0.1) is 6.04 Å². The minimum atomic E-state index is 0.0963. The molecule has 2 rings (SSSR count). The number of hydrogen-bond acceptors (Lipinski definition) is 2. The first-order chi connectivity index (χ1) is 7.68. The van der Waals surface area contributed by atoms with Gasteiger partial charge in [-0.3, -0.25) is 4.79 Å². The number of hydrogen-bond donors (Lipinski definition) is 1. The van der Waals surface area contributed by atoms with Crippen LogP contribution in [0, 0.1) is 13.8 Å². The predicted molar refractivity (Wildman–Crippen MR) is 65.7 cm³/mol. The van der Waals surface area contributed by atoms with E-state index in [9.17, 15) is 4.79 Å². The van der Waals surface area contributed by atoms with Gasteiger partial charge in [-0.2, -0.15) is 0 Å². The van der Waals surface area contributed by atoms with Crippen molar-refractivity contribution in [3.8, 4) is 0 Å². The summed E-state index contributed by atoms with van der Waals surface area (Å²) in [5.74, 6) is 0.343. The van der Waals surface area contributed by atoms with Crippen molar-refractivity contribution in [1.29, 1.82) is 0 Å². The number of rotatable bonds is 3. The fraction of sp³-hybridized carbons (Fsp3) is 0.500. The van der Waals surface area contributed by atoms with Crippen LogP contribution in [0.1, 0.15) is 29.5 Å². The van der Waals surface area contributed by atoms with Gasteiger partial charge in [0.15, 0.2) is 5.78 Å². The van der Waals surface area contributed by atoms with E-state index in [0.29, 0.717) is 12.2 Å². The van der Waals surface area contributed by atoms with Crippen molar-refractivity contribution in [2.24, 2.45) is 0 Å². The van der Waals surface area contributed by atoms with E-state index in [-0.39, 0.29) is 6.04 Å². The molecule has 1 aliphatic rings. The molecule has 0 aromatic heterocycles. The van der Waals surface area contributed by atoms with Crippen molar-refractivity contribution in [1.82, 2.24) is 5.32 Å². The minimum absolute atomic E-state index is 0.0963. The summed E-state index contributed by atoms with van der Waals surface area (Å²) < 4.78 is 0. The maximum atomic E-state index is 12.1. The van der Waals surface area contributed by atoms with Crippen molar-refractivity contribution in [2.75, 3.05) is 6.54 Å². The smallest absolute Gasteiger partial charge is 0.154 e. The van der Waals surface area contributed by atoms with Crippen LogP contribution < -0.4 is 5.32 Å². The predicted octanol–water partition coefficient (Wildman–Crippen LogP) is 2.17. The lowest BCUT2D eigenvalue weighted by atomic mass is 9.95. The Balaban J connectivity index is 2.11. The highest BCUT2D eigenvalue weighted by atomic mass is 16.1. The largest absolute Gasteiger partial charge is 0.307 e. The fourth-order valence-corrected chi connectivity index (χ4v) is 2.38. The van der Waals surface area contributed by atoms with E-state index in [0.717, 1.165) is 19.4 Å². The molecule has 2 nitrogen and oxygen atoms in total. The molecule has 0 aliphatic carbocycles. The second kappa shape index (κ2) is 4.79. The van der Waals surface area contributed by atoms with Gasteiger partial charge < -0.3 is 5.32 Å². The summed E-state index contributed by atoms with van der Waals surface area (Å²) >= 11 is 0. The molecule has 1 unspecified atom stereocenters. The van der Waals surface area contributed by atoms with Crippen LogP contribution in [-0.2, 0) is 11.2 Å². The zero-order valence-corrected chi connectivity index (χ0v) is 10.0. The van der Waals surface area contributed by atoms with Crippen molar-refractivity contribution in [3.05, 3.63) is 34.9 Å². The lowest BCUT2D eigenvalue weighted by molar-refractivity contribution is -0.120. The SMILES string of the molecule is Cc1cccc(C)c1CC(=O)C1CCCN1. The molecule has 1 N–H and O–H groups in total. The lowest BCUT2D eigenvalue weighted by Crippen LogP contribution is -2.32. The number of carbonyl (C=O) groups is 1. The third-order valence-corrected chi connectivity index (χ3v) is 3.44. The van der Waals surface area contributed by atoms with Gasteiger partial charge >= 0.3 is 0 Å². The Morgan fingerprint density at radius 2 is 2.06 bits per heavy atom. The molecule has 1 saturated heterocycles. The third kappa shape index (κ3) is 2.33. The highest BCUT2D eigenvalue weighted by molar-refractivity contribution is 5.86. The Morgan fingerprint density at radius 3 is 2.62 bits per heavy atom. The van der Waals surface area contributed by atoms with Crippen LogP contribution in [-0.4, -0.2) is 18.4 Å². The normalized spacial score (nSPS) is 20.0. The standard InChI is InChI=1S/C14H19NO/c1-10-5-3-6-11(2)12(10)9-14(16)13-7-4-8-15-13/h3,5-6,13,15H,4,7-9H2,1-2H3. The molecule has 2 heteroatoms. The van der Waals surface area contributed by atoms with E-state index in [4.69, 9.17) is 0 Å². The monoisotopic (exact) mass is 217 g/mol. The number of Topliss-reactive ketones (excluding diaryl/α,β-unsaturated/α-hetero) is 1. The minimum Gasteiger partial charge on any atom is -0.307 e. The van der Waals surface area contributed by atoms with Crippen LogP contribution >= 0.6 is 0 Å². The quantitative estimate of drug-likeness (QED) is 0.840.